The number of benzene rings is 2. The molecule has 0 fully saturated rings. The van der Waals surface area contributed by atoms with Gasteiger partial charge in [0.1, 0.15) is 11.5 Å². The minimum Gasteiger partial charge on any atom is -0.497 e. The van der Waals surface area contributed by atoms with Crippen LogP contribution in [0, 0.1) is 0 Å². The highest BCUT2D eigenvalue weighted by Crippen LogP contribution is 2.17. The van der Waals surface area contributed by atoms with E-state index in [-0.39, 0.29) is 5.91 Å². The van der Waals surface area contributed by atoms with E-state index in [1.54, 1.807) is 31.4 Å². The number of rotatable bonds is 5. The minimum atomic E-state index is -0.569. The predicted molar refractivity (Wildman–Crippen MR) is 86.6 cm³/mol. The number of amides is 2. The van der Waals surface area contributed by atoms with E-state index in [1.807, 2.05) is 24.3 Å². The minimum absolute atomic E-state index is 0.189. The Bertz CT molecular complexity index is 683. The number of anilines is 1. The molecule has 2 aromatic carbocycles. The predicted octanol–water partition coefficient (Wildman–Crippen LogP) is 2.94. The van der Waals surface area contributed by atoms with Crippen LogP contribution in [0.1, 0.15) is 12.5 Å². The molecule has 120 valence electrons. The van der Waals surface area contributed by atoms with Gasteiger partial charge < -0.3 is 20.1 Å². The molecule has 23 heavy (non-hydrogen) atoms. The smallest absolute Gasteiger partial charge is 0.412 e. The molecule has 0 heterocycles. The van der Waals surface area contributed by atoms with Crippen LogP contribution in [0.4, 0.5) is 10.5 Å². The maximum Gasteiger partial charge on any atom is 0.412 e. The van der Waals surface area contributed by atoms with Gasteiger partial charge in [0.2, 0.25) is 5.91 Å². The zero-order valence-corrected chi connectivity index (χ0v) is 13.0. The first-order chi connectivity index (χ1) is 11.1. The van der Waals surface area contributed by atoms with E-state index >= 15 is 0 Å². The van der Waals surface area contributed by atoms with Gasteiger partial charge in [-0.3, -0.25) is 4.79 Å². The van der Waals surface area contributed by atoms with Gasteiger partial charge in [-0.25, -0.2) is 4.79 Å². The summed E-state index contributed by atoms with van der Waals surface area (Å²) in [6.07, 6.45) is -0.569. The highest BCUT2D eigenvalue weighted by Gasteiger charge is 2.05. The molecule has 2 rings (SSSR count). The highest BCUT2D eigenvalue weighted by atomic mass is 16.6. The van der Waals surface area contributed by atoms with Gasteiger partial charge in [0, 0.05) is 25.2 Å². The third-order valence-corrected chi connectivity index (χ3v) is 2.96. The first kappa shape index (κ1) is 16.4. The Morgan fingerprint density at radius 3 is 2.43 bits per heavy atom. The van der Waals surface area contributed by atoms with Crippen molar-refractivity contribution in [3.8, 4) is 11.5 Å². The molecule has 0 aliphatic rings. The van der Waals surface area contributed by atoms with Gasteiger partial charge >= 0.3 is 6.09 Å². The summed E-state index contributed by atoms with van der Waals surface area (Å²) in [6, 6.07) is 14.0. The third kappa shape index (κ3) is 5.35. The Balaban J connectivity index is 1.87. The largest absolute Gasteiger partial charge is 0.497 e. The average molecular weight is 314 g/mol. The number of hydrogen-bond donors (Lipinski definition) is 2. The number of carbonyl (C=O) groups excluding carboxylic acids is 2. The molecule has 0 unspecified atom stereocenters. The SMILES string of the molecule is COc1ccc(CNC(=O)Oc2cccc(NC(C)=O)c2)cc1. The van der Waals surface area contributed by atoms with Crippen LogP contribution >= 0.6 is 0 Å². The topological polar surface area (TPSA) is 76.7 Å². The lowest BCUT2D eigenvalue weighted by Crippen LogP contribution is -2.26. The van der Waals surface area contributed by atoms with Crippen LogP contribution in [-0.2, 0) is 11.3 Å². The third-order valence-electron chi connectivity index (χ3n) is 2.96. The standard InChI is InChI=1S/C17H18N2O4/c1-12(20)19-14-4-3-5-16(10-14)23-17(21)18-11-13-6-8-15(22-2)9-7-13/h3-10H,11H2,1-2H3,(H,18,21)(H,19,20). The van der Waals surface area contributed by atoms with Crippen LogP contribution in [0.3, 0.4) is 0 Å². The summed E-state index contributed by atoms with van der Waals surface area (Å²) in [6.45, 7) is 1.75. The van der Waals surface area contributed by atoms with E-state index in [4.69, 9.17) is 9.47 Å². The monoisotopic (exact) mass is 314 g/mol. The first-order valence-corrected chi connectivity index (χ1v) is 7.03. The van der Waals surface area contributed by atoms with E-state index in [0.29, 0.717) is 18.0 Å². The van der Waals surface area contributed by atoms with Gasteiger partial charge in [0.05, 0.1) is 7.11 Å². The van der Waals surface area contributed by atoms with Crippen LogP contribution in [-0.4, -0.2) is 19.1 Å². The molecule has 0 saturated carbocycles. The maximum absolute atomic E-state index is 11.8. The quantitative estimate of drug-likeness (QED) is 0.889. The number of hydrogen-bond acceptors (Lipinski definition) is 4. The van der Waals surface area contributed by atoms with E-state index in [2.05, 4.69) is 10.6 Å². The summed E-state index contributed by atoms with van der Waals surface area (Å²) in [5.74, 6) is 0.917. The number of ether oxygens (including phenoxy) is 2. The Hall–Kier alpha value is -3.02. The molecule has 0 radical (unpaired) electrons. The second kappa shape index (κ2) is 7.84. The van der Waals surface area contributed by atoms with Crippen molar-refractivity contribution >= 4 is 17.7 Å². The molecule has 2 N–H and O–H groups in total. The summed E-state index contributed by atoms with van der Waals surface area (Å²) >= 11 is 0. The molecule has 6 heteroatoms. The molecular weight excluding hydrogens is 296 g/mol. The summed E-state index contributed by atoms with van der Waals surface area (Å²) in [5.41, 5.74) is 1.49. The van der Waals surface area contributed by atoms with Gasteiger partial charge in [-0.1, -0.05) is 18.2 Å². The molecule has 0 saturated heterocycles. The molecular formula is C17H18N2O4. The lowest BCUT2D eigenvalue weighted by molar-refractivity contribution is -0.114. The molecule has 0 aliphatic heterocycles. The van der Waals surface area contributed by atoms with Crippen molar-refractivity contribution in [1.29, 1.82) is 0 Å². The molecule has 2 amide bonds. The van der Waals surface area contributed by atoms with Gasteiger partial charge in [-0.15, -0.1) is 0 Å². The first-order valence-electron chi connectivity index (χ1n) is 7.03. The molecule has 0 aromatic heterocycles. The number of carbonyl (C=O) groups is 2. The molecule has 2 aromatic rings. The van der Waals surface area contributed by atoms with Crippen LogP contribution in [0.25, 0.3) is 0 Å². The maximum atomic E-state index is 11.8. The van der Waals surface area contributed by atoms with Gasteiger partial charge in [0.25, 0.3) is 0 Å². The molecule has 0 aliphatic carbocycles. The molecule has 0 bridgehead atoms. The average Bonchev–Trinajstić information content (AvgIpc) is 2.53. The van der Waals surface area contributed by atoms with Crippen LogP contribution in [0.2, 0.25) is 0 Å². The van der Waals surface area contributed by atoms with Gasteiger partial charge in [-0.2, -0.15) is 0 Å². The van der Waals surface area contributed by atoms with E-state index in [0.717, 1.165) is 11.3 Å². The normalized spacial score (nSPS) is 9.83. The van der Waals surface area contributed by atoms with Crippen molar-refractivity contribution in [2.45, 2.75) is 13.5 Å². The van der Waals surface area contributed by atoms with Gasteiger partial charge in [-0.05, 0) is 29.8 Å². The van der Waals surface area contributed by atoms with E-state index in [9.17, 15) is 9.59 Å². The second-order valence-corrected chi connectivity index (χ2v) is 4.80. The summed E-state index contributed by atoms with van der Waals surface area (Å²) in [7, 11) is 1.60. The Morgan fingerprint density at radius 2 is 1.78 bits per heavy atom. The van der Waals surface area contributed by atoms with Crippen molar-refractivity contribution in [1.82, 2.24) is 5.32 Å². The van der Waals surface area contributed by atoms with Crippen LogP contribution in [0.5, 0.6) is 11.5 Å². The lowest BCUT2D eigenvalue weighted by Gasteiger charge is -2.09. The molecule has 6 nitrogen and oxygen atoms in total. The Morgan fingerprint density at radius 1 is 1.04 bits per heavy atom. The zero-order chi connectivity index (χ0) is 16.7. The fourth-order valence-corrected chi connectivity index (χ4v) is 1.90. The van der Waals surface area contributed by atoms with Gasteiger partial charge in [0.15, 0.2) is 0 Å². The number of nitrogens with one attached hydrogen (secondary N) is 2. The van der Waals surface area contributed by atoms with E-state index < -0.39 is 6.09 Å². The van der Waals surface area contributed by atoms with Crippen molar-refractivity contribution in [3.05, 3.63) is 54.1 Å². The van der Waals surface area contributed by atoms with Crippen molar-refractivity contribution in [2.24, 2.45) is 0 Å². The summed E-state index contributed by atoms with van der Waals surface area (Å²) in [5, 5.41) is 5.28. The molecule has 0 atom stereocenters. The zero-order valence-electron chi connectivity index (χ0n) is 13.0. The van der Waals surface area contributed by atoms with Crippen molar-refractivity contribution in [3.63, 3.8) is 0 Å². The lowest BCUT2D eigenvalue weighted by atomic mass is 10.2. The summed E-state index contributed by atoms with van der Waals surface area (Å²) < 4.78 is 10.2. The fourth-order valence-electron chi connectivity index (χ4n) is 1.90. The van der Waals surface area contributed by atoms with Crippen LogP contribution in [0.15, 0.2) is 48.5 Å². The fraction of sp³-hybridized carbons (Fsp3) is 0.176. The second-order valence-electron chi connectivity index (χ2n) is 4.80. The van der Waals surface area contributed by atoms with Crippen molar-refractivity contribution in [2.75, 3.05) is 12.4 Å². The van der Waals surface area contributed by atoms with Crippen molar-refractivity contribution < 1.29 is 19.1 Å². The number of methoxy groups -OCH3 is 1. The summed E-state index contributed by atoms with van der Waals surface area (Å²) in [4.78, 5) is 22.8. The van der Waals surface area contributed by atoms with Crippen LogP contribution < -0.4 is 20.1 Å². The van der Waals surface area contributed by atoms with E-state index in [1.165, 1.54) is 6.92 Å². The highest BCUT2D eigenvalue weighted by molar-refractivity contribution is 5.88. The Labute approximate surface area is 134 Å². The molecule has 0 spiro atoms. The Kier molecular flexibility index (Phi) is 5.57.